The smallest absolute Gasteiger partial charge is 0.238 e. The second kappa shape index (κ2) is 12.8. The van der Waals surface area contributed by atoms with Crippen LogP contribution in [0.4, 0.5) is 0 Å². The summed E-state index contributed by atoms with van der Waals surface area (Å²) in [6.07, 6.45) is 9.75. The highest BCUT2D eigenvalue weighted by molar-refractivity contribution is 6.28. The molecule has 0 radical (unpaired) electrons. The Hall–Kier alpha value is -7.89. The monoisotopic (exact) mass is 766 g/mol. The second-order valence-electron chi connectivity index (χ2n) is 15.8. The number of nitrogens with zero attached hydrogens (tertiary/aromatic N) is 4. The van der Waals surface area contributed by atoms with E-state index < -0.39 is 0 Å². The zero-order valence-electron chi connectivity index (χ0n) is 32.4. The fourth-order valence-electron chi connectivity index (χ4n) is 9.89. The van der Waals surface area contributed by atoms with E-state index in [1.807, 2.05) is 12.1 Å². The lowest BCUT2D eigenvalue weighted by Gasteiger charge is -2.21. The highest BCUT2D eigenvalue weighted by Crippen LogP contribution is 2.44. The normalized spacial score (nSPS) is 14.3. The summed E-state index contributed by atoms with van der Waals surface area (Å²) in [5.74, 6) is 1.93. The topological polar surface area (TPSA) is 56.7 Å². The molecular formula is C55H34N4O. The minimum atomic E-state index is 0.149. The van der Waals surface area contributed by atoms with E-state index >= 15 is 0 Å². The number of aromatic nitrogens is 4. The average molecular weight is 767 g/mol. The molecule has 0 bridgehead atoms. The van der Waals surface area contributed by atoms with Crippen LogP contribution < -0.4 is 0 Å². The van der Waals surface area contributed by atoms with E-state index in [1.54, 1.807) is 0 Å². The molecule has 1 unspecified atom stereocenters. The number of benzene rings is 9. The third-order valence-electron chi connectivity index (χ3n) is 12.5. The van der Waals surface area contributed by atoms with Crippen LogP contribution in [0.2, 0.25) is 0 Å². The summed E-state index contributed by atoms with van der Waals surface area (Å²) >= 11 is 0. The molecule has 12 aromatic rings. The quantitative estimate of drug-likeness (QED) is 0.179. The van der Waals surface area contributed by atoms with Crippen molar-refractivity contribution in [3.63, 3.8) is 0 Å². The second-order valence-corrected chi connectivity index (χ2v) is 15.8. The largest absolute Gasteiger partial charge is 0.455 e. The third-order valence-corrected chi connectivity index (χ3v) is 12.5. The van der Waals surface area contributed by atoms with Gasteiger partial charge in [-0.1, -0.05) is 164 Å². The maximum atomic E-state index is 6.70. The van der Waals surface area contributed by atoms with Gasteiger partial charge in [0, 0.05) is 44.0 Å². The Morgan fingerprint density at radius 3 is 1.72 bits per heavy atom. The molecule has 5 nitrogen and oxygen atoms in total. The van der Waals surface area contributed by atoms with Gasteiger partial charge in [-0.2, -0.15) is 9.97 Å². The van der Waals surface area contributed by atoms with Crippen molar-refractivity contribution in [1.29, 1.82) is 0 Å². The fourth-order valence-corrected chi connectivity index (χ4v) is 9.89. The molecule has 0 amide bonds. The molecule has 0 N–H and O–H groups in total. The Bertz CT molecular complexity index is 3740. The van der Waals surface area contributed by atoms with Gasteiger partial charge in [-0.15, -0.1) is 0 Å². The van der Waals surface area contributed by atoms with Crippen molar-refractivity contribution in [2.75, 3.05) is 0 Å². The van der Waals surface area contributed by atoms with Crippen LogP contribution in [-0.2, 0) is 0 Å². The summed E-state index contributed by atoms with van der Waals surface area (Å²) in [5.41, 5.74) is 6.85. The van der Waals surface area contributed by atoms with Gasteiger partial charge in [-0.05, 0) is 74.0 Å². The SMILES string of the molecule is C1=CCC(c2c(-c3nc(-c4cc5ccccc5c5oc6ccccc6c45)nc(-n4c5ccc6ccccc6c5c5c6ccccc6ccc54)n3)ccc3ccccc23)C=C1. The highest BCUT2D eigenvalue weighted by atomic mass is 16.3. The van der Waals surface area contributed by atoms with E-state index in [0.29, 0.717) is 17.6 Å². The van der Waals surface area contributed by atoms with E-state index in [9.17, 15) is 0 Å². The predicted octanol–water partition coefficient (Wildman–Crippen LogP) is 14.4. The molecule has 13 rings (SSSR count). The molecule has 0 saturated heterocycles. The number of hydrogen-bond donors (Lipinski definition) is 0. The number of allylic oxidation sites excluding steroid dienone is 4. The third kappa shape index (κ3) is 4.83. The van der Waals surface area contributed by atoms with Crippen LogP contribution in [0.15, 0.2) is 193 Å². The molecule has 1 aliphatic carbocycles. The van der Waals surface area contributed by atoms with E-state index in [0.717, 1.165) is 61.3 Å². The van der Waals surface area contributed by atoms with Gasteiger partial charge in [-0.25, -0.2) is 4.98 Å². The summed E-state index contributed by atoms with van der Waals surface area (Å²) < 4.78 is 8.96. The van der Waals surface area contributed by atoms with Crippen LogP contribution in [0, 0.1) is 0 Å². The molecule has 0 saturated carbocycles. The van der Waals surface area contributed by atoms with E-state index in [1.165, 1.54) is 48.7 Å². The predicted molar refractivity (Wildman–Crippen MR) is 248 cm³/mol. The van der Waals surface area contributed by atoms with E-state index in [-0.39, 0.29) is 5.92 Å². The Morgan fingerprint density at radius 2 is 1.03 bits per heavy atom. The minimum absolute atomic E-state index is 0.149. The van der Waals surface area contributed by atoms with E-state index in [2.05, 4.69) is 181 Å². The highest BCUT2D eigenvalue weighted by Gasteiger charge is 2.26. The van der Waals surface area contributed by atoms with Crippen molar-refractivity contribution >= 4 is 86.8 Å². The van der Waals surface area contributed by atoms with Crippen molar-refractivity contribution in [3.05, 3.63) is 194 Å². The number of rotatable bonds is 4. The number of fused-ring (bicyclic) bond motifs is 13. The summed E-state index contributed by atoms with van der Waals surface area (Å²) in [7, 11) is 0. The van der Waals surface area contributed by atoms with Crippen LogP contribution in [0.25, 0.3) is 116 Å². The molecule has 0 aliphatic heterocycles. The Balaban J connectivity index is 1.20. The van der Waals surface area contributed by atoms with Crippen molar-refractivity contribution < 1.29 is 4.42 Å². The first kappa shape index (κ1) is 33.1. The van der Waals surface area contributed by atoms with Gasteiger partial charge in [0.05, 0.1) is 11.0 Å². The molecule has 3 heterocycles. The van der Waals surface area contributed by atoms with Crippen LogP contribution in [0.1, 0.15) is 17.9 Å². The molecule has 280 valence electrons. The van der Waals surface area contributed by atoms with Crippen LogP contribution in [-0.4, -0.2) is 19.5 Å². The lowest BCUT2D eigenvalue weighted by atomic mass is 9.85. The van der Waals surface area contributed by atoms with Gasteiger partial charge in [0.2, 0.25) is 5.95 Å². The van der Waals surface area contributed by atoms with Gasteiger partial charge < -0.3 is 4.42 Å². The summed E-state index contributed by atoms with van der Waals surface area (Å²) in [4.78, 5) is 16.6. The molecule has 3 aromatic heterocycles. The van der Waals surface area contributed by atoms with Gasteiger partial charge in [-0.3, -0.25) is 4.57 Å². The lowest BCUT2D eigenvalue weighted by molar-refractivity contribution is 0.672. The first-order chi connectivity index (χ1) is 29.8. The zero-order chi connectivity index (χ0) is 39.3. The summed E-state index contributed by atoms with van der Waals surface area (Å²) in [6, 6.07) is 58.2. The van der Waals surface area contributed by atoms with Crippen LogP contribution in [0.3, 0.4) is 0 Å². The molecule has 0 fully saturated rings. The van der Waals surface area contributed by atoms with Gasteiger partial charge in [0.25, 0.3) is 0 Å². The minimum Gasteiger partial charge on any atom is -0.455 e. The lowest BCUT2D eigenvalue weighted by Crippen LogP contribution is -2.08. The zero-order valence-corrected chi connectivity index (χ0v) is 32.4. The van der Waals surface area contributed by atoms with Gasteiger partial charge in [0.1, 0.15) is 11.2 Å². The van der Waals surface area contributed by atoms with Crippen molar-refractivity contribution in [2.45, 2.75) is 12.3 Å². The number of furan rings is 1. The molecular weight excluding hydrogens is 733 g/mol. The van der Waals surface area contributed by atoms with E-state index in [4.69, 9.17) is 19.4 Å². The Morgan fingerprint density at radius 1 is 0.467 bits per heavy atom. The molecule has 60 heavy (non-hydrogen) atoms. The molecule has 5 heteroatoms. The Kier molecular flexibility index (Phi) is 7.07. The maximum Gasteiger partial charge on any atom is 0.238 e. The summed E-state index contributed by atoms with van der Waals surface area (Å²) in [6.45, 7) is 0. The van der Waals surface area contributed by atoms with Crippen LogP contribution >= 0.6 is 0 Å². The number of para-hydroxylation sites is 1. The van der Waals surface area contributed by atoms with Crippen molar-refractivity contribution in [1.82, 2.24) is 19.5 Å². The molecule has 9 aromatic carbocycles. The standard InChI is InChI=1S/C55H34N4O/c1-2-17-36(18-3-1)48-38-20-8-4-14-33(38)26-29-43(48)53-56-54(44-32-37-19-7-11-23-41(37)52-49(44)42-24-12-13-25-47(42)60-52)58-55(57-53)59-45-30-27-34-15-5-9-21-39(34)50(45)51-40-22-10-6-16-35(40)28-31-46(51)59/h1-17,19-32,36H,18H2. The fraction of sp³-hybridized carbons (Fsp3) is 0.0364. The molecule has 1 aliphatic rings. The van der Waals surface area contributed by atoms with Crippen molar-refractivity contribution in [2.24, 2.45) is 0 Å². The molecule has 0 spiro atoms. The van der Waals surface area contributed by atoms with Gasteiger partial charge >= 0.3 is 0 Å². The summed E-state index contributed by atoms with van der Waals surface area (Å²) in [5, 5.41) is 13.7. The Labute approximate surface area is 344 Å². The maximum absolute atomic E-state index is 6.70. The molecule has 1 atom stereocenters. The van der Waals surface area contributed by atoms with Crippen LogP contribution in [0.5, 0.6) is 0 Å². The van der Waals surface area contributed by atoms with Gasteiger partial charge in [0.15, 0.2) is 11.6 Å². The number of hydrogen-bond acceptors (Lipinski definition) is 4. The first-order valence-electron chi connectivity index (χ1n) is 20.6. The average Bonchev–Trinajstić information content (AvgIpc) is 3.88. The first-order valence-corrected chi connectivity index (χ1v) is 20.6. The van der Waals surface area contributed by atoms with Crippen molar-refractivity contribution in [3.8, 4) is 28.7 Å².